The second-order valence-electron chi connectivity index (χ2n) is 8.55. The van der Waals surface area contributed by atoms with E-state index in [-0.39, 0.29) is 11.4 Å². The summed E-state index contributed by atoms with van der Waals surface area (Å²) >= 11 is 1.53. The number of ether oxygens (including phenoxy) is 1. The van der Waals surface area contributed by atoms with Crippen molar-refractivity contribution < 1.29 is 13.9 Å². The number of aromatic nitrogens is 2. The molecule has 0 saturated heterocycles. The molecule has 0 amide bonds. The van der Waals surface area contributed by atoms with Gasteiger partial charge in [0.05, 0.1) is 12.7 Å². The first kappa shape index (κ1) is 17.3. The van der Waals surface area contributed by atoms with Gasteiger partial charge in [0.15, 0.2) is 0 Å². The topological polar surface area (TPSA) is 65.2 Å². The number of carbonyl (C=O) groups is 1. The number of hydrogen-bond donors (Lipinski definition) is 0. The van der Waals surface area contributed by atoms with Gasteiger partial charge in [-0.15, -0.1) is 10.2 Å². The minimum Gasteiger partial charge on any atom is -0.465 e. The highest BCUT2D eigenvalue weighted by Gasteiger charge is 2.54. The summed E-state index contributed by atoms with van der Waals surface area (Å²) in [7, 11) is 1.40. The standard InChI is InChI=1S/C21H24N2O3S/c1-25-18(24)17-4-2-3-13(8-17)12-27-20-23-22-19(26-20)21-9-14-5-15(10-21)7-16(6-14)11-21/h2-4,8,14-16H,5-7,9-12H2,1H3. The highest BCUT2D eigenvalue weighted by molar-refractivity contribution is 7.98. The van der Waals surface area contributed by atoms with Crippen LogP contribution in [-0.4, -0.2) is 23.3 Å². The van der Waals surface area contributed by atoms with E-state index in [1.807, 2.05) is 18.2 Å². The van der Waals surface area contributed by atoms with Crippen molar-refractivity contribution in [1.29, 1.82) is 0 Å². The first-order valence-electron chi connectivity index (χ1n) is 9.77. The molecule has 0 radical (unpaired) electrons. The fourth-order valence-electron chi connectivity index (χ4n) is 5.91. The van der Waals surface area contributed by atoms with Gasteiger partial charge in [0.2, 0.25) is 5.89 Å². The first-order chi connectivity index (χ1) is 13.1. The molecule has 5 nitrogen and oxygen atoms in total. The Labute approximate surface area is 163 Å². The zero-order valence-corrected chi connectivity index (χ0v) is 16.3. The monoisotopic (exact) mass is 384 g/mol. The summed E-state index contributed by atoms with van der Waals surface area (Å²) in [6.07, 6.45) is 7.91. The predicted octanol–water partition coefficient (Wildman–Crippen LogP) is 4.62. The second kappa shape index (κ2) is 6.66. The number of esters is 1. The summed E-state index contributed by atoms with van der Waals surface area (Å²) in [6.45, 7) is 0. The molecule has 142 valence electrons. The Kier molecular flexibility index (Phi) is 4.26. The lowest BCUT2D eigenvalue weighted by Gasteiger charge is -2.55. The lowest BCUT2D eigenvalue weighted by atomic mass is 9.49. The van der Waals surface area contributed by atoms with E-state index in [2.05, 4.69) is 10.2 Å². The quantitative estimate of drug-likeness (QED) is 0.554. The minimum atomic E-state index is -0.316. The zero-order valence-electron chi connectivity index (χ0n) is 15.5. The summed E-state index contributed by atoms with van der Waals surface area (Å²) in [6, 6.07) is 7.49. The van der Waals surface area contributed by atoms with Crippen LogP contribution in [0.2, 0.25) is 0 Å². The molecule has 0 spiro atoms. The van der Waals surface area contributed by atoms with Crippen molar-refractivity contribution in [3.63, 3.8) is 0 Å². The molecule has 4 bridgehead atoms. The molecule has 6 heteroatoms. The summed E-state index contributed by atoms with van der Waals surface area (Å²) < 4.78 is 10.9. The van der Waals surface area contributed by atoms with Crippen LogP contribution in [0.4, 0.5) is 0 Å². The van der Waals surface area contributed by atoms with Gasteiger partial charge in [-0.25, -0.2) is 4.79 Å². The summed E-state index contributed by atoms with van der Waals surface area (Å²) in [5.41, 5.74) is 1.75. The largest absolute Gasteiger partial charge is 0.465 e. The molecule has 1 aromatic heterocycles. The lowest BCUT2D eigenvalue weighted by molar-refractivity contribution is -0.0191. The molecule has 6 rings (SSSR count). The fourth-order valence-corrected chi connectivity index (χ4v) is 6.61. The summed E-state index contributed by atoms with van der Waals surface area (Å²) in [5.74, 6) is 3.82. The molecule has 0 unspecified atom stereocenters. The molecule has 0 aliphatic heterocycles. The molecule has 4 saturated carbocycles. The Bertz CT molecular complexity index is 827. The molecule has 1 heterocycles. The Morgan fingerprint density at radius 2 is 1.89 bits per heavy atom. The average molecular weight is 385 g/mol. The van der Waals surface area contributed by atoms with E-state index in [1.54, 1.807) is 6.07 Å². The molecule has 0 N–H and O–H groups in total. The summed E-state index contributed by atoms with van der Waals surface area (Å²) in [5, 5.41) is 9.41. The van der Waals surface area contributed by atoms with E-state index < -0.39 is 0 Å². The van der Waals surface area contributed by atoms with Crippen LogP contribution in [0.25, 0.3) is 0 Å². The van der Waals surface area contributed by atoms with Crippen LogP contribution in [0.3, 0.4) is 0 Å². The van der Waals surface area contributed by atoms with Gasteiger partial charge in [0, 0.05) is 11.2 Å². The number of carbonyl (C=O) groups excluding carboxylic acids is 1. The van der Waals surface area contributed by atoms with Gasteiger partial charge in [-0.05, 0) is 74.0 Å². The van der Waals surface area contributed by atoms with Crippen LogP contribution in [-0.2, 0) is 15.9 Å². The average Bonchev–Trinajstić information content (AvgIpc) is 3.15. The van der Waals surface area contributed by atoms with Crippen molar-refractivity contribution in [3.05, 3.63) is 41.3 Å². The molecular formula is C21H24N2O3S. The molecule has 27 heavy (non-hydrogen) atoms. The van der Waals surface area contributed by atoms with Gasteiger partial charge in [0.25, 0.3) is 5.22 Å². The number of rotatable bonds is 5. The van der Waals surface area contributed by atoms with Crippen LogP contribution >= 0.6 is 11.8 Å². The maximum Gasteiger partial charge on any atom is 0.337 e. The van der Waals surface area contributed by atoms with Gasteiger partial charge in [-0.1, -0.05) is 23.9 Å². The van der Waals surface area contributed by atoms with Gasteiger partial charge >= 0.3 is 5.97 Å². The molecule has 2 aromatic rings. The SMILES string of the molecule is COC(=O)c1cccc(CSc2nnc(C34CC5CC(CC(C5)C3)C4)o2)c1. The number of methoxy groups -OCH3 is 1. The Balaban J connectivity index is 1.29. The van der Waals surface area contributed by atoms with Crippen LogP contribution in [0.5, 0.6) is 0 Å². The van der Waals surface area contributed by atoms with Gasteiger partial charge in [0.1, 0.15) is 0 Å². The third-order valence-electron chi connectivity index (χ3n) is 6.61. The van der Waals surface area contributed by atoms with E-state index in [9.17, 15) is 4.79 Å². The fraction of sp³-hybridized carbons (Fsp3) is 0.571. The molecule has 4 fully saturated rings. The van der Waals surface area contributed by atoms with Crippen LogP contribution in [0.1, 0.15) is 60.3 Å². The van der Waals surface area contributed by atoms with E-state index >= 15 is 0 Å². The Morgan fingerprint density at radius 3 is 2.56 bits per heavy atom. The van der Waals surface area contributed by atoms with Crippen molar-refractivity contribution >= 4 is 17.7 Å². The third-order valence-corrected chi connectivity index (χ3v) is 7.50. The molecule has 4 aliphatic carbocycles. The maximum atomic E-state index is 11.7. The third kappa shape index (κ3) is 3.18. The number of thioether (sulfide) groups is 1. The van der Waals surface area contributed by atoms with E-state index in [4.69, 9.17) is 9.15 Å². The lowest BCUT2D eigenvalue weighted by Crippen LogP contribution is -2.48. The maximum absolute atomic E-state index is 11.7. The van der Waals surface area contributed by atoms with Crippen molar-refractivity contribution in [2.75, 3.05) is 7.11 Å². The number of hydrogen-bond acceptors (Lipinski definition) is 6. The highest BCUT2D eigenvalue weighted by atomic mass is 32.2. The van der Waals surface area contributed by atoms with E-state index in [1.165, 1.54) is 57.4 Å². The van der Waals surface area contributed by atoms with Crippen LogP contribution in [0.15, 0.2) is 33.9 Å². The zero-order chi connectivity index (χ0) is 18.4. The molecular weight excluding hydrogens is 360 g/mol. The first-order valence-corrected chi connectivity index (χ1v) is 10.8. The molecule has 0 atom stereocenters. The second-order valence-corrected chi connectivity index (χ2v) is 9.48. The normalized spacial score (nSPS) is 31.2. The summed E-state index contributed by atoms with van der Waals surface area (Å²) in [4.78, 5) is 11.7. The van der Waals surface area contributed by atoms with Gasteiger partial charge in [-0.2, -0.15) is 0 Å². The van der Waals surface area contributed by atoms with E-state index in [0.717, 1.165) is 29.2 Å². The van der Waals surface area contributed by atoms with Crippen molar-refractivity contribution in [3.8, 4) is 0 Å². The van der Waals surface area contributed by atoms with Crippen molar-refractivity contribution in [2.45, 2.75) is 54.9 Å². The highest BCUT2D eigenvalue weighted by Crippen LogP contribution is 2.60. The molecule has 1 aromatic carbocycles. The van der Waals surface area contributed by atoms with Gasteiger partial charge in [-0.3, -0.25) is 0 Å². The number of benzene rings is 1. The predicted molar refractivity (Wildman–Crippen MR) is 101 cm³/mol. The number of nitrogens with zero attached hydrogens (tertiary/aromatic N) is 2. The van der Waals surface area contributed by atoms with Crippen molar-refractivity contribution in [1.82, 2.24) is 10.2 Å². The van der Waals surface area contributed by atoms with Crippen LogP contribution in [0, 0.1) is 17.8 Å². The van der Waals surface area contributed by atoms with Crippen LogP contribution < -0.4 is 0 Å². The Morgan fingerprint density at radius 1 is 1.19 bits per heavy atom. The van der Waals surface area contributed by atoms with Crippen molar-refractivity contribution in [2.24, 2.45) is 17.8 Å². The van der Waals surface area contributed by atoms with Gasteiger partial charge < -0.3 is 9.15 Å². The Hall–Kier alpha value is -1.82. The molecule has 4 aliphatic rings. The smallest absolute Gasteiger partial charge is 0.337 e. The minimum absolute atomic E-state index is 0.144. The van der Waals surface area contributed by atoms with E-state index in [0.29, 0.717) is 16.5 Å².